The molecule has 1 aliphatic rings. The van der Waals surface area contributed by atoms with E-state index in [1.807, 2.05) is 30.9 Å². The van der Waals surface area contributed by atoms with Crippen molar-refractivity contribution in [2.45, 2.75) is 20.4 Å². The van der Waals surface area contributed by atoms with Crippen molar-refractivity contribution in [1.29, 1.82) is 0 Å². The number of nitrogens with zero attached hydrogens (tertiary/aromatic N) is 4. The lowest BCUT2D eigenvalue weighted by Gasteiger charge is -2.35. The second kappa shape index (κ2) is 7.36. The predicted molar refractivity (Wildman–Crippen MR) is 96.9 cm³/mol. The number of aromatic nitrogens is 2. The quantitative estimate of drug-likeness (QED) is 0.908. The number of hydrogen-bond acceptors (Lipinski definition) is 5. The zero-order chi connectivity index (χ0) is 17.1. The van der Waals surface area contributed by atoms with Gasteiger partial charge in [-0.3, -0.25) is 0 Å². The molecule has 0 bridgehead atoms. The normalized spacial score (nSPS) is 14.8. The van der Waals surface area contributed by atoms with Crippen LogP contribution in [0, 0.1) is 13.8 Å². The fourth-order valence-corrected chi connectivity index (χ4v) is 3.56. The van der Waals surface area contributed by atoms with Crippen LogP contribution in [0.2, 0.25) is 5.02 Å². The first kappa shape index (κ1) is 17.0. The summed E-state index contributed by atoms with van der Waals surface area (Å²) in [4.78, 5) is 26.3. The maximum atomic E-state index is 12.3. The van der Waals surface area contributed by atoms with E-state index >= 15 is 0 Å². The molecular weight excluding hydrogens is 346 g/mol. The summed E-state index contributed by atoms with van der Waals surface area (Å²) >= 11 is 7.50. The van der Waals surface area contributed by atoms with Crippen LogP contribution in [0.5, 0.6) is 0 Å². The molecule has 6 nitrogen and oxygen atoms in total. The van der Waals surface area contributed by atoms with E-state index in [0.717, 1.165) is 29.6 Å². The number of thiazole rings is 1. The number of amides is 2. The molecule has 0 unspecified atom stereocenters. The minimum absolute atomic E-state index is 0.0378. The van der Waals surface area contributed by atoms with Crippen LogP contribution in [0.1, 0.15) is 15.6 Å². The molecule has 0 atom stereocenters. The Kier molecular flexibility index (Phi) is 5.20. The van der Waals surface area contributed by atoms with Crippen molar-refractivity contribution in [2.75, 3.05) is 31.1 Å². The molecule has 3 heterocycles. The van der Waals surface area contributed by atoms with E-state index < -0.39 is 0 Å². The second-order valence-corrected chi connectivity index (χ2v) is 7.44. The Hall–Kier alpha value is -1.86. The lowest BCUT2D eigenvalue weighted by atomic mass is 10.3. The number of halogens is 1. The molecule has 0 spiro atoms. The van der Waals surface area contributed by atoms with Crippen molar-refractivity contribution >= 4 is 34.8 Å². The smallest absolute Gasteiger partial charge is 0.317 e. The number of anilines is 1. The van der Waals surface area contributed by atoms with Gasteiger partial charge in [0.05, 0.1) is 17.3 Å². The SMILES string of the molecule is Cc1nc(CNC(=O)N2CCN(c3ccc(Cl)cn3)CC2)sc1C. The van der Waals surface area contributed by atoms with Gasteiger partial charge in [-0.05, 0) is 26.0 Å². The molecule has 24 heavy (non-hydrogen) atoms. The van der Waals surface area contributed by atoms with Crippen LogP contribution in [-0.2, 0) is 6.54 Å². The third-order valence-electron chi connectivity index (χ3n) is 4.07. The molecule has 2 amide bonds. The van der Waals surface area contributed by atoms with Crippen molar-refractivity contribution in [1.82, 2.24) is 20.2 Å². The summed E-state index contributed by atoms with van der Waals surface area (Å²) in [5.74, 6) is 0.896. The van der Waals surface area contributed by atoms with Gasteiger partial charge in [-0.1, -0.05) is 11.6 Å². The van der Waals surface area contributed by atoms with E-state index in [9.17, 15) is 4.79 Å². The van der Waals surface area contributed by atoms with Crippen LogP contribution in [0.4, 0.5) is 10.6 Å². The van der Waals surface area contributed by atoms with Gasteiger partial charge in [0.25, 0.3) is 0 Å². The molecule has 0 aliphatic carbocycles. The highest BCUT2D eigenvalue weighted by Crippen LogP contribution is 2.17. The Bertz CT molecular complexity index is 690. The summed E-state index contributed by atoms with van der Waals surface area (Å²) in [6.07, 6.45) is 1.65. The van der Waals surface area contributed by atoms with Crippen LogP contribution in [0.15, 0.2) is 18.3 Å². The number of carbonyl (C=O) groups excluding carboxylic acids is 1. The maximum Gasteiger partial charge on any atom is 0.317 e. The number of piperazine rings is 1. The Balaban J connectivity index is 1.48. The standard InChI is InChI=1S/C16H20ClN5OS/c1-11-12(2)24-15(20-11)10-19-16(23)22-7-5-21(6-8-22)14-4-3-13(17)9-18-14/h3-4,9H,5-8,10H2,1-2H3,(H,19,23). The summed E-state index contributed by atoms with van der Waals surface area (Å²) in [5, 5.41) is 4.53. The number of carbonyl (C=O) groups is 1. The van der Waals surface area contributed by atoms with Gasteiger partial charge in [-0.25, -0.2) is 14.8 Å². The van der Waals surface area contributed by atoms with Gasteiger partial charge in [0.15, 0.2) is 0 Å². The average Bonchev–Trinajstić information content (AvgIpc) is 2.92. The molecule has 8 heteroatoms. The maximum absolute atomic E-state index is 12.3. The largest absolute Gasteiger partial charge is 0.353 e. The van der Waals surface area contributed by atoms with Crippen LogP contribution >= 0.6 is 22.9 Å². The number of rotatable bonds is 3. The third kappa shape index (κ3) is 3.96. The third-order valence-corrected chi connectivity index (χ3v) is 5.36. The Morgan fingerprint density at radius 2 is 2.04 bits per heavy atom. The molecule has 1 aliphatic heterocycles. The van der Waals surface area contributed by atoms with E-state index in [-0.39, 0.29) is 6.03 Å². The van der Waals surface area contributed by atoms with E-state index in [1.165, 1.54) is 4.88 Å². The monoisotopic (exact) mass is 365 g/mol. The highest BCUT2D eigenvalue weighted by atomic mass is 35.5. The van der Waals surface area contributed by atoms with Crippen LogP contribution in [0.25, 0.3) is 0 Å². The summed E-state index contributed by atoms with van der Waals surface area (Å²) in [7, 11) is 0. The van der Waals surface area contributed by atoms with Gasteiger partial charge in [-0.15, -0.1) is 11.3 Å². The van der Waals surface area contributed by atoms with Gasteiger partial charge in [0, 0.05) is 37.3 Å². The topological polar surface area (TPSA) is 61.4 Å². The van der Waals surface area contributed by atoms with Crippen molar-refractivity contribution in [2.24, 2.45) is 0 Å². The number of aryl methyl sites for hydroxylation is 2. The Labute approximate surface area is 150 Å². The van der Waals surface area contributed by atoms with E-state index in [0.29, 0.717) is 24.7 Å². The molecule has 0 aromatic carbocycles. The molecule has 2 aromatic rings. The molecular formula is C16H20ClN5OS. The molecule has 2 aromatic heterocycles. The van der Waals surface area contributed by atoms with Crippen LogP contribution in [-0.4, -0.2) is 47.1 Å². The molecule has 1 saturated heterocycles. The van der Waals surface area contributed by atoms with Crippen LogP contribution < -0.4 is 10.2 Å². The number of hydrogen-bond donors (Lipinski definition) is 1. The zero-order valence-electron chi connectivity index (χ0n) is 13.8. The summed E-state index contributed by atoms with van der Waals surface area (Å²) in [5.41, 5.74) is 1.04. The molecule has 3 rings (SSSR count). The minimum Gasteiger partial charge on any atom is -0.353 e. The number of nitrogens with one attached hydrogen (secondary N) is 1. The zero-order valence-corrected chi connectivity index (χ0v) is 15.3. The lowest BCUT2D eigenvalue weighted by Crippen LogP contribution is -2.51. The second-order valence-electron chi connectivity index (χ2n) is 5.72. The van der Waals surface area contributed by atoms with Crippen LogP contribution in [0.3, 0.4) is 0 Å². The average molecular weight is 366 g/mol. The lowest BCUT2D eigenvalue weighted by molar-refractivity contribution is 0.194. The first-order valence-corrected chi connectivity index (χ1v) is 9.04. The van der Waals surface area contributed by atoms with Crippen molar-refractivity contribution in [3.8, 4) is 0 Å². The molecule has 128 valence electrons. The highest BCUT2D eigenvalue weighted by molar-refractivity contribution is 7.11. The van der Waals surface area contributed by atoms with Crippen molar-refractivity contribution in [3.05, 3.63) is 38.9 Å². The Morgan fingerprint density at radius 3 is 2.62 bits per heavy atom. The van der Waals surface area contributed by atoms with Gasteiger partial charge < -0.3 is 15.1 Å². The van der Waals surface area contributed by atoms with Gasteiger partial charge in [0.1, 0.15) is 10.8 Å². The first-order chi connectivity index (χ1) is 11.5. The summed E-state index contributed by atoms with van der Waals surface area (Å²) in [6, 6.07) is 3.70. The van der Waals surface area contributed by atoms with Gasteiger partial charge in [-0.2, -0.15) is 0 Å². The van der Waals surface area contributed by atoms with Crippen molar-refractivity contribution in [3.63, 3.8) is 0 Å². The molecule has 1 fully saturated rings. The first-order valence-electron chi connectivity index (χ1n) is 7.85. The fraction of sp³-hybridized carbons (Fsp3) is 0.438. The van der Waals surface area contributed by atoms with E-state index in [4.69, 9.17) is 11.6 Å². The highest BCUT2D eigenvalue weighted by Gasteiger charge is 2.21. The minimum atomic E-state index is -0.0378. The fourth-order valence-electron chi connectivity index (χ4n) is 2.57. The van der Waals surface area contributed by atoms with Gasteiger partial charge >= 0.3 is 6.03 Å². The number of urea groups is 1. The Morgan fingerprint density at radius 1 is 1.29 bits per heavy atom. The van der Waals surface area contributed by atoms with E-state index in [1.54, 1.807) is 17.5 Å². The van der Waals surface area contributed by atoms with E-state index in [2.05, 4.69) is 20.2 Å². The number of pyridine rings is 1. The van der Waals surface area contributed by atoms with Gasteiger partial charge in [0.2, 0.25) is 0 Å². The van der Waals surface area contributed by atoms with Crippen molar-refractivity contribution < 1.29 is 4.79 Å². The molecule has 0 radical (unpaired) electrons. The molecule has 0 saturated carbocycles. The summed E-state index contributed by atoms with van der Waals surface area (Å²) in [6.45, 7) is 7.38. The predicted octanol–water partition coefficient (Wildman–Crippen LogP) is 2.84. The summed E-state index contributed by atoms with van der Waals surface area (Å²) < 4.78 is 0. The molecule has 1 N–H and O–H groups in total.